The molecular formula is C16H23NO4. The van der Waals surface area contributed by atoms with E-state index < -0.39 is 0 Å². The zero-order chi connectivity index (χ0) is 15.8. The van der Waals surface area contributed by atoms with E-state index in [1.54, 1.807) is 43.2 Å². The van der Waals surface area contributed by atoms with Gasteiger partial charge in [0.1, 0.15) is 5.75 Å². The van der Waals surface area contributed by atoms with Crippen molar-refractivity contribution in [2.45, 2.75) is 20.3 Å². The third-order valence-corrected chi connectivity index (χ3v) is 3.20. The number of hydrogen-bond acceptors (Lipinski definition) is 4. The second kappa shape index (κ2) is 8.29. The Labute approximate surface area is 125 Å². The van der Waals surface area contributed by atoms with Crippen molar-refractivity contribution in [2.24, 2.45) is 5.92 Å². The highest BCUT2D eigenvalue weighted by Crippen LogP contribution is 2.15. The zero-order valence-corrected chi connectivity index (χ0v) is 13.1. The molecule has 0 heterocycles. The maximum absolute atomic E-state index is 12.6. The molecule has 1 amide bonds. The predicted molar refractivity (Wildman–Crippen MR) is 80.4 cm³/mol. The van der Waals surface area contributed by atoms with Crippen LogP contribution >= 0.6 is 0 Å². The molecule has 116 valence electrons. The van der Waals surface area contributed by atoms with Gasteiger partial charge in [-0.25, -0.2) is 0 Å². The Kier molecular flexibility index (Phi) is 6.72. The standard InChI is InChI=1S/C16H23NO4/c1-5-9-17(11-12(2)16(19)21-4)15(18)13-7-6-8-14(10-13)20-3/h6-8,10,12H,5,9,11H2,1-4H3. The first-order valence-corrected chi connectivity index (χ1v) is 7.04. The SMILES string of the molecule is CCCN(CC(C)C(=O)OC)C(=O)c1cccc(OC)c1. The van der Waals surface area contributed by atoms with Crippen LogP contribution in [0.1, 0.15) is 30.6 Å². The van der Waals surface area contributed by atoms with Gasteiger partial charge in [-0.15, -0.1) is 0 Å². The number of rotatable bonds is 7. The first kappa shape index (κ1) is 17.0. The smallest absolute Gasteiger partial charge is 0.310 e. The van der Waals surface area contributed by atoms with Crippen LogP contribution in [-0.4, -0.2) is 44.1 Å². The van der Waals surface area contributed by atoms with Gasteiger partial charge in [-0.3, -0.25) is 9.59 Å². The van der Waals surface area contributed by atoms with Crippen LogP contribution in [-0.2, 0) is 9.53 Å². The highest BCUT2D eigenvalue weighted by Gasteiger charge is 2.22. The molecule has 1 aromatic rings. The molecule has 0 fully saturated rings. The Morgan fingerprint density at radius 2 is 2.00 bits per heavy atom. The Bertz CT molecular complexity index is 487. The molecule has 0 radical (unpaired) electrons. The Morgan fingerprint density at radius 1 is 1.29 bits per heavy atom. The number of methoxy groups -OCH3 is 2. The van der Waals surface area contributed by atoms with E-state index in [0.29, 0.717) is 24.4 Å². The summed E-state index contributed by atoms with van der Waals surface area (Å²) in [6.45, 7) is 4.69. The monoisotopic (exact) mass is 293 g/mol. The maximum Gasteiger partial charge on any atom is 0.310 e. The maximum atomic E-state index is 12.6. The minimum absolute atomic E-state index is 0.105. The first-order valence-electron chi connectivity index (χ1n) is 7.04. The number of carbonyl (C=O) groups excluding carboxylic acids is 2. The molecule has 0 N–H and O–H groups in total. The summed E-state index contributed by atoms with van der Waals surface area (Å²) in [5.41, 5.74) is 0.555. The molecule has 0 aliphatic rings. The van der Waals surface area contributed by atoms with Crippen LogP contribution in [0.3, 0.4) is 0 Å². The first-order chi connectivity index (χ1) is 10.0. The molecule has 1 unspecified atom stereocenters. The number of esters is 1. The van der Waals surface area contributed by atoms with Crippen molar-refractivity contribution >= 4 is 11.9 Å². The lowest BCUT2D eigenvalue weighted by Gasteiger charge is -2.24. The molecule has 0 aromatic heterocycles. The average Bonchev–Trinajstić information content (AvgIpc) is 2.52. The molecule has 5 heteroatoms. The van der Waals surface area contributed by atoms with Crippen molar-refractivity contribution in [3.63, 3.8) is 0 Å². The molecule has 0 aliphatic heterocycles. The Morgan fingerprint density at radius 3 is 2.57 bits per heavy atom. The van der Waals surface area contributed by atoms with Gasteiger partial charge in [0.2, 0.25) is 0 Å². The number of amides is 1. The summed E-state index contributed by atoms with van der Waals surface area (Å²) in [6, 6.07) is 7.02. The molecule has 21 heavy (non-hydrogen) atoms. The van der Waals surface area contributed by atoms with Gasteiger partial charge >= 0.3 is 5.97 Å². The molecule has 0 bridgehead atoms. The van der Waals surface area contributed by atoms with Gasteiger partial charge in [-0.2, -0.15) is 0 Å². The van der Waals surface area contributed by atoms with Crippen molar-refractivity contribution in [3.8, 4) is 5.75 Å². The lowest BCUT2D eigenvalue weighted by atomic mass is 10.1. The third kappa shape index (κ3) is 4.77. The second-order valence-electron chi connectivity index (χ2n) is 4.91. The van der Waals surface area contributed by atoms with Gasteiger partial charge in [-0.05, 0) is 24.6 Å². The molecule has 0 saturated carbocycles. The van der Waals surface area contributed by atoms with Gasteiger partial charge in [0, 0.05) is 18.7 Å². The van der Waals surface area contributed by atoms with Gasteiger partial charge in [0.25, 0.3) is 5.91 Å². The van der Waals surface area contributed by atoms with Crippen molar-refractivity contribution < 1.29 is 19.1 Å². The quantitative estimate of drug-likeness (QED) is 0.724. The number of ether oxygens (including phenoxy) is 2. The number of nitrogens with zero attached hydrogens (tertiary/aromatic N) is 1. The summed E-state index contributed by atoms with van der Waals surface area (Å²) in [6.07, 6.45) is 0.823. The minimum atomic E-state index is -0.351. The third-order valence-electron chi connectivity index (χ3n) is 3.20. The molecule has 1 aromatic carbocycles. The van der Waals surface area contributed by atoms with Crippen LogP contribution < -0.4 is 4.74 Å². The second-order valence-corrected chi connectivity index (χ2v) is 4.91. The molecular weight excluding hydrogens is 270 g/mol. The highest BCUT2D eigenvalue weighted by molar-refractivity contribution is 5.94. The van der Waals surface area contributed by atoms with Crippen LogP contribution in [0.4, 0.5) is 0 Å². The van der Waals surface area contributed by atoms with Crippen molar-refractivity contribution in [3.05, 3.63) is 29.8 Å². The minimum Gasteiger partial charge on any atom is -0.497 e. The van der Waals surface area contributed by atoms with E-state index in [1.807, 2.05) is 6.92 Å². The van der Waals surface area contributed by atoms with Gasteiger partial charge < -0.3 is 14.4 Å². The van der Waals surface area contributed by atoms with E-state index in [-0.39, 0.29) is 17.8 Å². The predicted octanol–water partition coefficient (Wildman–Crippen LogP) is 2.36. The van der Waals surface area contributed by atoms with Crippen LogP contribution in [0.2, 0.25) is 0 Å². The van der Waals surface area contributed by atoms with E-state index >= 15 is 0 Å². The number of carbonyl (C=O) groups is 2. The van der Waals surface area contributed by atoms with Gasteiger partial charge in [0.15, 0.2) is 0 Å². The fourth-order valence-corrected chi connectivity index (χ4v) is 2.09. The van der Waals surface area contributed by atoms with Gasteiger partial charge in [-0.1, -0.05) is 19.9 Å². The summed E-state index contributed by atoms with van der Waals surface area (Å²) in [7, 11) is 2.92. The molecule has 0 saturated heterocycles. The molecule has 0 aliphatic carbocycles. The topological polar surface area (TPSA) is 55.8 Å². The summed E-state index contributed by atoms with van der Waals surface area (Å²) >= 11 is 0. The largest absolute Gasteiger partial charge is 0.497 e. The number of hydrogen-bond donors (Lipinski definition) is 0. The van der Waals surface area contributed by atoms with Crippen LogP contribution in [0.5, 0.6) is 5.75 Å². The highest BCUT2D eigenvalue weighted by atomic mass is 16.5. The molecule has 1 atom stereocenters. The van der Waals surface area contributed by atoms with E-state index in [2.05, 4.69) is 0 Å². The van der Waals surface area contributed by atoms with Crippen molar-refractivity contribution in [2.75, 3.05) is 27.3 Å². The molecule has 0 spiro atoms. The van der Waals surface area contributed by atoms with Gasteiger partial charge in [0.05, 0.1) is 20.1 Å². The Balaban J connectivity index is 2.88. The van der Waals surface area contributed by atoms with E-state index in [4.69, 9.17) is 9.47 Å². The van der Waals surface area contributed by atoms with E-state index in [9.17, 15) is 9.59 Å². The zero-order valence-electron chi connectivity index (χ0n) is 13.1. The normalized spacial score (nSPS) is 11.6. The van der Waals surface area contributed by atoms with Crippen LogP contribution in [0, 0.1) is 5.92 Å². The summed E-state index contributed by atoms with van der Waals surface area (Å²) < 4.78 is 9.85. The fraction of sp³-hybridized carbons (Fsp3) is 0.500. The van der Waals surface area contributed by atoms with Crippen LogP contribution in [0.15, 0.2) is 24.3 Å². The lowest BCUT2D eigenvalue weighted by Crippen LogP contribution is -2.37. The van der Waals surface area contributed by atoms with Crippen molar-refractivity contribution in [1.82, 2.24) is 4.90 Å². The fourth-order valence-electron chi connectivity index (χ4n) is 2.09. The molecule has 5 nitrogen and oxygen atoms in total. The Hall–Kier alpha value is -2.04. The lowest BCUT2D eigenvalue weighted by molar-refractivity contribution is -0.145. The average molecular weight is 293 g/mol. The van der Waals surface area contributed by atoms with Crippen LogP contribution in [0.25, 0.3) is 0 Å². The van der Waals surface area contributed by atoms with E-state index in [1.165, 1.54) is 7.11 Å². The molecule has 1 rings (SSSR count). The van der Waals surface area contributed by atoms with Crippen molar-refractivity contribution in [1.29, 1.82) is 0 Å². The summed E-state index contributed by atoms with van der Waals surface area (Å²) in [5.74, 6) is -0.129. The number of benzene rings is 1. The summed E-state index contributed by atoms with van der Waals surface area (Å²) in [4.78, 5) is 25.8. The summed E-state index contributed by atoms with van der Waals surface area (Å²) in [5, 5.41) is 0. The van der Waals surface area contributed by atoms with E-state index in [0.717, 1.165) is 6.42 Å².